The maximum atomic E-state index is 9.96. The van der Waals surface area contributed by atoms with Crippen LogP contribution in [0.25, 0.3) is 0 Å². The van der Waals surface area contributed by atoms with E-state index in [1.165, 1.54) is 43.9 Å². The number of aliphatic hydroxyl groups excluding tert-OH is 1. The molecule has 1 aliphatic heterocycles. The molecular formula is C10H19NOS2. The number of nitrogens with zero attached hydrogens (tertiary/aromatic N) is 1. The highest BCUT2D eigenvalue weighted by Crippen LogP contribution is 2.28. The summed E-state index contributed by atoms with van der Waals surface area (Å²) in [4.78, 5) is 2.51. The molecule has 0 bridgehead atoms. The van der Waals surface area contributed by atoms with Crippen LogP contribution in [-0.4, -0.2) is 46.7 Å². The van der Waals surface area contributed by atoms with E-state index in [1.807, 2.05) is 21.6 Å². The molecule has 2 aliphatic rings. The first-order valence-electron chi connectivity index (χ1n) is 5.54. The third kappa shape index (κ3) is 2.81. The van der Waals surface area contributed by atoms with Crippen molar-refractivity contribution in [3.05, 3.63) is 0 Å². The Balaban J connectivity index is 1.90. The van der Waals surface area contributed by atoms with Gasteiger partial charge in [0.15, 0.2) is 0 Å². The Morgan fingerprint density at radius 3 is 2.29 bits per heavy atom. The molecule has 2 fully saturated rings. The highest BCUT2D eigenvalue weighted by atomic mass is 33.1. The van der Waals surface area contributed by atoms with Crippen LogP contribution >= 0.6 is 21.6 Å². The van der Waals surface area contributed by atoms with Gasteiger partial charge in [0.05, 0.1) is 6.10 Å². The fourth-order valence-electron chi connectivity index (χ4n) is 2.39. The molecule has 1 N–H and O–H groups in total. The van der Waals surface area contributed by atoms with Gasteiger partial charge in [0.1, 0.15) is 0 Å². The standard InChI is InChI=1S/C10H19NOS2/c12-10-4-2-1-3-9(10)11-5-7-13-14-8-6-11/h9-10,12H,1-8H2. The number of rotatable bonds is 1. The molecule has 1 saturated carbocycles. The first-order valence-corrected chi connectivity index (χ1v) is 8.03. The number of hydrogen-bond donors (Lipinski definition) is 1. The Bertz CT molecular complexity index is 172. The lowest BCUT2D eigenvalue weighted by Gasteiger charge is -2.36. The van der Waals surface area contributed by atoms with E-state index in [0.717, 1.165) is 6.42 Å². The molecule has 2 nitrogen and oxygen atoms in total. The Hall–Kier alpha value is 0.620. The minimum absolute atomic E-state index is 0.0585. The average molecular weight is 233 g/mol. The fourth-order valence-corrected chi connectivity index (χ4v) is 4.40. The summed E-state index contributed by atoms with van der Waals surface area (Å²) in [5, 5.41) is 9.96. The highest BCUT2D eigenvalue weighted by Gasteiger charge is 2.28. The lowest BCUT2D eigenvalue weighted by molar-refractivity contribution is 0.0259. The molecule has 1 heterocycles. The third-order valence-corrected chi connectivity index (χ3v) is 5.54. The monoisotopic (exact) mass is 233 g/mol. The van der Waals surface area contributed by atoms with Crippen molar-refractivity contribution in [2.75, 3.05) is 24.6 Å². The molecule has 2 atom stereocenters. The summed E-state index contributed by atoms with van der Waals surface area (Å²) in [6.45, 7) is 2.33. The molecule has 2 rings (SSSR count). The molecule has 0 radical (unpaired) electrons. The van der Waals surface area contributed by atoms with E-state index in [4.69, 9.17) is 0 Å². The van der Waals surface area contributed by atoms with Gasteiger partial charge >= 0.3 is 0 Å². The van der Waals surface area contributed by atoms with Gasteiger partial charge in [-0.25, -0.2) is 0 Å². The zero-order valence-electron chi connectivity index (χ0n) is 8.52. The van der Waals surface area contributed by atoms with Crippen LogP contribution in [0.5, 0.6) is 0 Å². The molecule has 0 aromatic rings. The van der Waals surface area contributed by atoms with Crippen LogP contribution in [0, 0.1) is 0 Å². The van der Waals surface area contributed by atoms with Crippen molar-refractivity contribution >= 4 is 21.6 Å². The third-order valence-electron chi connectivity index (χ3n) is 3.17. The molecule has 82 valence electrons. The van der Waals surface area contributed by atoms with Crippen molar-refractivity contribution in [2.45, 2.75) is 37.8 Å². The number of aliphatic hydroxyl groups is 1. The molecule has 1 saturated heterocycles. The predicted molar refractivity (Wildman–Crippen MR) is 64.8 cm³/mol. The van der Waals surface area contributed by atoms with Gasteiger partial charge in [-0.15, -0.1) is 0 Å². The molecule has 0 aromatic heterocycles. The Morgan fingerprint density at radius 1 is 1.00 bits per heavy atom. The first-order chi connectivity index (χ1) is 6.88. The summed E-state index contributed by atoms with van der Waals surface area (Å²) in [6.07, 6.45) is 4.68. The minimum atomic E-state index is -0.0585. The van der Waals surface area contributed by atoms with Gasteiger partial charge in [0.25, 0.3) is 0 Å². The van der Waals surface area contributed by atoms with Gasteiger partial charge < -0.3 is 5.11 Å². The molecule has 1 aliphatic carbocycles. The number of hydrogen-bond acceptors (Lipinski definition) is 4. The molecule has 0 amide bonds. The van der Waals surface area contributed by atoms with E-state index < -0.39 is 0 Å². The second-order valence-electron chi connectivity index (χ2n) is 4.10. The lowest BCUT2D eigenvalue weighted by Crippen LogP contribution is -2.46. The van der Waals surface area contributed by atoms with E-state index >= 15 is 0 Å². The summed E-state index contributed by atoms with van der Waals surface area (Å²) in [5.41, 5.74) is 0. The zero-order chi connectivity index (χ0) is 9.80. The molecule has 14 heavy (non-hydrogen) atoms. The van der Waals surface area contributed by atoms with Crippen LogP contribution in [0.1, 0.15) is 25.7 Å². The second-order valence-corrected chi connectivity index (χ2v) is 6.80. The summed E-state index contributed by atoms with van der Waals surface area (Å²) in [7, 11) is 3.96. The van der Waals surface area contributed by atoms with Gasteiger partial charge in [-0.1, -0.05) is 34.4 Å². The van der Waals surface area contributed by atoms with Crippen LogP contribution < -0.4 is 0 Å². The molecule has 2 unspecified atom stereocenters. The van der Waals surface area contributed by atoms with Crippen molar-refractivity contribution in [3.8, 4) is 0 Å². The average Bonchev–Trinajstić information content (AvgIpc) is 2.47. The normalized spacial score (nSPS) is 36.6. The van der Waals surface area contributed by atoms with Gasteiger partial charge in [-0.05, 0) is 12.8 Å². The maximum Gasteiger partial charge on any atom is 0.0695 e. The van der Waals surface area contributed by atoms with E-state index in [9.17, 15) is 5.11 Å². The largest absolute Gasteiger partial charge is 0.391 e. The van der Waals surface area contributed by atoms with Gasteiger partial charge in [-0.3, -0.25) is 4.90 Å². The van der Waals surface area contributed by atoms with E-state index in [-0.39, 0.29) is 6.10 Å². The van der Waals surface area contributed by atoms with E-state index in [2.05, 4.69) is 4.90 Å². The summed E-state index contributed by atoms with van der Waals surface area (Å²) in [5.74, 6) is 2.43. The zero-order valence-corrected chi connectivity index (χ0v) is 10.2. The summed E-state index contributed by atoms with van der Waals surface area (Å²) < 4.78 is 0. The first kappa shape index (κ1) is 11.1. The smallest absolute Gasteiger partial charge is 0.0695 e. The van der Waals surface area contributed by atoms with Crippen molar-refractivity contribution in [1.29, 1.82) is 0 Å². The predicted octanol–water partition coefficient (Wildman–Crippen LogP) is 1.99. The SMILES string of the molecule is OC1CCCCC1N1CCSSCC1. The Kier molecular flexibility index (Phi) is 4.47. The fraction of sp³-hybridized carbons (Fsp3) is 1.00. The molecule has 0 aromatic carbocycles. The van der Waals surface area contributed by atoms with Crippen molar-refractivity contribution in [3.63, 3.8) is 0 Å². The summed E-state index contributed by atoms with van der Waals surface area (Å²) in [6, 6.07) is 0.461. The van der Waals surface area contributed by atoms with E-state index in [1.54, 1.807) is 0 Å². The van der Waals surface area contributed by atoms with Crippen LogP contribution in [0.4, 0.5) is 0 Å². The van der Waals surface area contributed by atoms with Gasteiger partial charge in [0, 0.05) is 30.6 Å². The topological polar surface area (TPSA) is 23.5 Å². The van der Waals surface area contributed by atoms with Gasteiger partial charge in [-0.2, -0.15) is 0 Å². The quantitative estimate of drug-likeness (QED) is 0.700. The molecule has 0 spiro atoms. The van der Waals surface area contributed by atoms with Crippen molar-refractivity contribution in [1.82, 2.24) is 4.90 Å². The Labute approximate surface area is 94.2 Å². The molecular weight excluding hydrogens is 214 g/mol. The van der Waals surface area contributed by atoms with Crippen molar-refractivity contribution in [2.24, 2.45) is 0 Å². The van der Waals surface area contributed by atoms with Crippen LogP contribution in [-0.2, 0) is 0 Å². The lowest BCUT2D eigenvalue weighted by atomic mass is 9.91. The maximum absolute atomic E-state index is 9.96. The molecule has 4 heteroatoms. The van der Waals surface area contributed by atoms with Gasteiger partial charge in [0.2, 0.25) is 0 Å². The van der Waals surface area contributed by atoms with Crippen molar-refractivity contribution < 1.29 is 5.11 Å². The minimum Gasteiger partial charge on any atom is -0.391 e. The Morgan fingerprint density at radius 2 is 1.64 bits per heavy atom. The van der Waals surface area contributed by atoms with Crippen LogP contribution in [0.3, 0.4) is 0 Å². The highest BCUT2D eigenvalue weighted by molar-refractivity contribution is 8.76. The van der Waals surface area contributed by atoms with Crippen LogP contribution in [0.2, 0.25) is 0 Å². The van der Waals surface area contributed by atoms with E-state index in [0.29, 0.717) is 6.04 Å². The van der Waals surface area contributed by atoms with Crippen LogP contribution in [0.15, 0.2) is 0 Å². The second kappa shape index (κ2) is 5.64. The summed E-state index contributed by atoms with van der Waals surface area (Å²) >= 11 is 0.